The summed E-state index contributed by atoms with van der Waals surface area (Å²) >= 11 is 0. The smallest absolute Gasteiger partial charge is 0.228 e. The molecule has 1 rings (SSSR count). The van der Waals surface area contributed by atoms with Crippen molar-refractivity contribution in [3.8, 4) is 0 Å². The molecular formula is C13H25NO2. The minimum absolute atomic E-state index is 0.00741. The van der Waals surface area contributed by atoms with Gasteiger partial charge in [0.25, 0.3) is 0 Å². The van der Waals surface area contributed by atoms with Gasteiger partial charge < -0.3 is 9.64 Å². The molecule has 3 nitrogen and oxygen atoms in total. The molecule has 3 heteroatoms. The maximum Gasteiger partial charge on any atom is 0.228 e. The third-order valence-corrected chi connectivity index (χ3v) is 3.90. The standard InChI is InChI=1S/C13H25NO2/c1-6-12(11(4)16-5)13(15)14-9(2)7-8-10(14)3/h9-12H,6-8H2,1-5H3/t9-,10?,11?,12?/m1/s1. The molecule has 0 aliphatic carbocycles. The van der Waals surface area contributed by atoms with E-state index in [0.29, 0.717) is 12.1 Å². The van der Waals surface area contributed by atoms with Gasteiger partial charge in [-0.05, 0) is 40.0 Å². The van der Waals surface area contributed by atoms with Crippen LogP contribution in [0.2, 0.25) is 0 Å². The molecule has 0 bridgehead atoms. The Hall–Kier alpha value is -0.570. The fourth-order valence-electron chi connectivity index (χ4n) is 2.69. The Morgan fingerprint density at radius 3 is 2.25 bits per heavy atom. The maximum atomic E-state index is 12.4. The Bertz CT molecular complexity index is 232. The van der Waals surface area contributed by atoms with Crippen LogP contribution in [0.5, 0.6) is 0 Å². The zero-order valence-corrected chi connectivity index (χ0v) is 11.2. The number of hydrogen-bond acceptors (Lipinski definition) is 2. The summed E-state index contributed by atoms with van der Waals surface area (Å²) in [6.07, 6.45) is 3.12. The highest BCUT2D eigenvalue weighted by Crippen LogP contribution is 2.27. The average molecular weight is 227 g/mol. The van der Waals surface area contributed by atoms with Crippen LogP contribution >= 0.6 is 0 Å². The Morgan fingerprint density at radius 1 is 1.38 bits per heavy atom. The van der Waals surface area contributed by atoms with Crippen molar-refractivity contribution in [2.24, 2.45) is 5.92 Å². The third kappa shape index (κ3) is 2.57. The third-order valence-electron chi connectivity index (χ3n) is 3.90. The molecule has 1 aliphatic heterocycles. The molecule has 4 atom stereocenters. The fourth-order valence-corrected chi connectivity index (χ4v) is 2.69. The van der Waals surface area contributed by atoms with E-state index in [0.717, 1.165) is 19.3 Å². The van der Waals surface area contributed by atoms with Gasteiger partial charge in [0.2, 0.25) is 5.91 Å². The minimum Gasteiger partial charge on any atom is -0.381 e. The number of rotatable bonds is 4. The summed E-state index contributed by atoms with van der Waals surface area (Å²) in [7, 11) is 1.68. The molecule has 0 aromatic heterocycles. The molecule has 16 heavy (non-hydrogen) atoms. The van der Waals surface area contributed by atoms with E-state index in [1.54, 1.807) is 7.11 Å². The minimum atomic E-state index is 0.00741. The molecule has 3 unspecified atom stereocenters. The average Bonchev–Trinajstić information content (AvgIpc) is 2.59. The number of nitrogens with zero attached hydrogens (tertiary/aromatic N) is 1. The van der Waals surface area contributed by atoms with Gasteiger partial charge >= 0.3 is 0 Å². The Kier molecular flexibility index (Phi) is 4.78. The molecule has 1 fully saturated rings. The van der Waals surface area contributed by atoms with Gasteiger partial charge in [0.05, 0.1) is 12.0 Å². The highest BCUT2D eigenvalue weighted by molar-refractivity contribution is 5.80. The number of methoxy groups -OCH3 is 1. The number of amides is 1. The number of carbonyl (C=O) groups excluding carboxylic acids is 1. The van der Waals surface area contributed by atoms with Crippen molar-refractivity contribution in [2.45, 2.75) is 65.1 Å². The van der Waals surface area contributed by atoms with Crippen LogP contribution in [0.25, 0.3) is 0 Å². The van der Waals surface area contributed by atoms with Crippen LogP contribution in [-0.2, 0) is 9.53 Å². The predicted octanol–water partition coefficient (Wildman–Crippen LogP) is 2.45. The van der Waals surface area contributed by atoms with E-state index >= 15 is 0 Å². The molecule has 0 aromatic carbocycles. The monoisotopic (exact) mass is 227 g/mol. The van der Waals surface area contributed by atoms with Gasteiger partial charge in [-0.1, -0.05) is 6.92 Å². The number of carbonyl (C=O) groups is 1. The highest BCUT2D eigenvalue weighted by Gasteiger charge is 2.36. The van der Waals surface area contributed by atoms with Crippen LogP contribution in [0.3, 0.4) is 0 Å². The summed E-state index contributed by atoms with van der Waals surface area (Å²) in [5.41, 5.74) is 0. The molecule has 0 saturated carbocycles. The van der Waals surface area contributed by atoms with Gasteiger partial charge in [-0.15, -0.1) is 0 Å². The van der Waals surface area contributed by atoms with E-state index in [-0.39, 0.29) is 17.9 Å². The van der Waals surface area contributed by atoms with E-state index < -0.39 is 0 Å². The van der Waals surface area contributed by atoms with Crippen LogP contribution < -0.4 is 0 Å². The Morgan fingerprint density at radius 2 is 1.88 bits per heavy atom. The van der Waals surface area contributed by atoms with E-state index in [1.165, 1.54) is 0 Å². The highest BCUT2D eigenvalue weighted by atomic mass is 16.5. The molecular weight excluding hydrogens is 202 g/mol. The van der Waals surface area contributed by atoms with Gasteiger partial charge in [-0.2, -0.15) is 0 Å². The van der Waals surface area contributed by atoms with E-state index in [1.807, 2.05) is 6.92 Å². The largest absolute Gasteiger partial charge is 0.381 e. The lowest BCUT2D eigenvalue weighted by molar-refractivity contribution is -0.142. The second kappa shape index (κ2) is 5.67. The first-order chi connectivity index (χ1) is 7.52. The van der Waals surface area contributed by atoms with Gasteiger partial charge in [-0.25, -0.2) is 0 Å². The van der Waals surface area contributed by atoms with Crippen molar-refractivity contribution in [1.82, 2.24) is 4.90 Å². The van der Waals surface area contributed by atoms with Crippen molar-refractivity contribution < 1.29 is 9.53 Å². The topological polar surface area (TPSA) is 29.5 Å². The quantitative estimate of drug-likeness (QED) is 0.738. The fraction of sp³-hybridized carbons (Fsp3) is 0.923. The van der Waals surface area contributed by atoms with Crippen molar-refractivity contribution in [3.05, 3.63) is 0 Å². The molecule has 1 saturated heterocycles. The lowest BCUT2D eigenvalue weighted by Gasteiger charge is -2.32. The first-order valence-electron chi connectivity index (χ1n) is 6.37. The van der Waals surface area contributed by atoms with Crippen molar-refractivity contribution in [2.75, 3.05) is 7.11 Å². The SMILES string of the molecule is CCC(C(=O)N1C(C)CC[C@H]1C)C(C)OC. The second-order valence-electron chi connectivity index (χ2n) is 4.98. The summed E-state index contributed by atoms with van der Waals surface area (Å²) in [6.45, 7) is 8.33. The number of hydrogen-bond donors (Lipinski definition) is 0. The zero-order chi connectivity index (χ0) is 12.3. The molecule has 0 aromatic rings. The summed E-state index contributed by atoms with van der Waals surface area (Å²) in [5.74, 6) is 0.280. The summed E-state index contributed by atoms with van der Waals surface area (Å²) < 4.78 is 5.31. The lowest BCUT2D eigenvalue weighted by Crippen LogP contribution is -2.45. The molecule has 1 heterocycles. The Balaban J connectivity index is 2.74. The number of likely N-dealkylation sites (tertiary alicyclic amines) is 1. The molecule has 1 aliphatic rings. The molecule has 0 radical (unpaired) electrons. The Labute approximate surface area is 99.1 Å². The van der Waals surface area contributed by atoms with E-state index in [2.05, 4.69) is 25.7 Å². The van der Waals surface area contributed by atoms with Crippen LogP contribution in [-0.4, -0.2) is 36.1 Å². The lowest BCUT2D eigenvalue weighted by atomic mass is 9.98. The number of ether oxygens (including phenoxy) is 1. The summed E-state index contributed by atoms with van der Waals surface area (Å²) in [4.78, 5) is 14.5. The van der Waals surface area contributed by atoms with Gasteiger partial charge in [0.1, 0.15) is 0 Å². The van der Waals surface area contributed by atoms with Crippen molar-refractivity contribution in [3.63, 3.8) is 0 Å². The van der Waals surface area contributed by atoms with Gasteiger partial charge in [0, 0.05) is 19.2 Å². The predicted molar refractivity (Wildman–Crippen MR) is 65.3 cm³/mol. The van der Waals surface area contributed by atoms with Gasteiger partial charge in [0.15, 0.2) is 0 Å². The molecule has 0 N–H and O–H groups in total. The zero-order valence-electron chi connectivity index (χ0n) is 11.2. The van der Waals surface area contributed by atoms with E-state index in [9.17, 15) is 4.79 Å². The van der Waals surface area contributed by atoms with Crippen LogP contribution in [0.1, 0.15) is 47.0 Å². The first kappa shape index (κ1) is 13.5. The second-order valence-corrected chi connectivity index (χ2v) is 4.98. The normalized spacial score (nSPS) is 29.2. The van der Waals surface area contributed by atoms with Crippen molar-refractivity contribution in [1.29, 1.82) is 0 Å². The maximum absolute atomic E-state index is 12.4. The van der Waals surface area contributed by atoms with E-state index in [4.69, 9.17) is 4.74 Å². The van der Waals surface area contributed by atoms with Crippen LogP contribution in [0.4, 0.5) is 0 Å². The van der Waals surface area contributed by atoms with Crippen LogP contribution in [0.15, 0.2) is 0 Å². The van der Waals surface area contributed by atoms with Crippen LogP contribution in [0, 0.1) is 5.92 Å². The van der Waals surface area contributed by atoms with Gasteiger partial charge in [-0.3, -0.25) is 4.79 Å². The molecule has 1 amide bonds. The first-order valence-corrected chi connectivity index (χ1v) is 6.37. The summed E-state index contributed by atoms with van der Waals surface area (Å²) in [5, 5.41) is 0. The molecule has 0 spiro atoms. The summed E-state index contributed by atoms with van der Waals surface area (Å²) in [6, 6.07) is 0.779. The molecule has 94 valence electrons. The van der Waals surface area contributed by atoms with Crippen molar-refractivity contribution >= 4 is 5.91 Å².